The predicted molar refractivity (Wildman–Crippen MR) is 103 cm³/mol. The van der Waals surface area contributed by atoms with Gasteiger partial charge >= 0.3 is 0 Å². The number of guanidine groups is 1. The lowest BCUT2D eigenvalue weighted by Crippen LogP contribution is -2.35. The predicted octanol–water partition coefficient (Wildman–Crippen LogP) is 3.57. The number of ether oxygens (including phenoxy) is 2. The number of nitrogens with two attached hydrogens (primary N) is 1. The third kappa shape index (κ3) is 4.88. The number of hydrogen-bond acceptors (Lipinski definition) is 4. The minimum Gasteiger partial charge on any atom is -0.494 e. The van der Waals surface area contributed by atoms with Crippen molar-refractivity contribution in [2.24, 2.45) is 10.7 Å². The summed E-state index contributed by atoms with van der Waals surface area (Å²) in [5, 5.41) is 0. The van der Waals surface area contributed by atoms with E-state index in [4.69, 9.17) is 15.2 Å². The number of nitrogens with zero attached hydrogens (tertiary/aromatic N) is 3. The van der Waals surface area contributed by atoms with E-state index in [1.54, 1.807) is 6.20 Å². The molecule has 1 fully saturated rings. The van der Waals surface area contributed by atoms with Crippen molar-refractivity contribution in [1.29, 1.82) is 0 Å². The molecule has 0 spiro atoms. The second-order valence-corrected chi connectivity index (χ2v) is 6.41. The fourth-order valence-corrected chi connectivity index (χ4v) is 2.50. The van der Waals surface area contributed by atoms with Crippen molar-refractivity contribution in [1.82, 2.24) is 9.88 Å². The van der Waals surface area contributed by atoms with Gasteiger partial charge in [-0.25, -0.2) is 9.98 Å². The topological polar surface area (TPSA) is 73.0 Å². The number of pyridine rings is 1. The highest BCUT2D eigenvalue weighted by molar-refractivity contribution is 5.78. The molecule has 0 atom stereocenters. The minimum atomic E-state index is 0.434. The third-order valence-corrected chi connectivity index (χ3v) is 4.23. The highest BCUT2D eigenvalue weighted by atomic mass is 16.5. The van der Waals surface area contributed by atoms with Crippen LogP contribution >= 0.6 is 0 Å². The molecule has 26 heavy (non-hydrogen) atoms. The maximum absolute atomic E-state index is 6.07. The number of aliphatic imine (C=N–C) groups is 1. The molecule has 2 aromatic rings. The summed E-state index contributed by atoms with van der Waals surface area (Å²) in [6.45, 7) is 3.22. The Morgan fingerprint density at radius 3 is 2.65 bits per heavy atom. The lowest BCUT2D eigenvalue weighted by molar-refractivity contribution is 0.317. The van der Waals surface area contributed by atoms with Gasteiger partial charge in [-0.1, -0.05) is 13.0 Å². The van der Waals surface area contributed by atoms with Crippen LogP contribution in [0.3, 0.4) is 0 Å². The summed E-state index contributed by atoms with van der Waals surface area (Å²) < 4.78 is 11.5. The zero-order valence-corrected chi connectivity index (χ0v) is 15.4. The first-order chi connectivity index (χ1) is 12.7. The van der Waals surface area contributed by atoms with Crippen molar-refractivity contribution in [3.8, 4) is 17.4 Å². The summed E-state index contributed by atoms with van der Waals surface area (Å²) >= 11 is 0. The summed E-state index contributed by atoms with van der Waals surface area (Å²) in [6, 6.07) is 11.9. The van der Waals surface area contributed by atoms with E-state index in [-0.39, 0.29) is 0 Å². The molecule has 1 saturated carbocycles. The van der Waals surface area contributed by atoms with E-state index in [0.717, 1.165) is 17.7 Å². The molecule has 1 aromatic heterocycles. The van der Waals surface area contributed by atoms with Crippen LogP contribution in [0.2, 0.25) is 0 Å². The molecule has 0 bridgehead atoms. The van der Waals surface area contributed by atoms with E-state index in [9.17, 15) is 0 Å². The summed E-state index contributed by atoms with van der Waals surface area (Å²) in [7, 11) is 1.99. The first-order valence-electron chi connectivity index (χ1n) is 9.04. The third-order valence-electron chi connectivity index (χ3n) is 4.23. The highest BCUT2D eigenvalue weighted by Gasteiger charge is 2.27. The van der Waals surface area contributed by atoms with Crippen LogP contribution in [-0.4, -0.2) is 35.5 Å². The largest absolute Gasteiger partial charge is 0.494 e. The lowest BCUT2D eigenvalue weighted by Gasteiger charge is -2.17. The van der Waals surface area contributed by atoms with E-state index in [1.165, 1.54) is 12.8 Å². The normalized spacial score (nSPS) is 14.2. The quantitative estimate of drug-likeness (QED) is 0.579. The average Bonchev–Trinajstić information content (AvgIpc) is 3.51. The van der Waals surface area contributed by atoms with E-state index < -0.39 is 0 Å². The fourth-order valence-electron chi connectivity index (χ4n) is 2.50. The van der Waals surface area contributed by atoms with E-state index in [1.807, 2.05) is 48.3 Å². The lowest BCUT2D eigenvalue weighted by atomic mass is 10.2. The molecule has 1 heterocycles. The van der Waals surface area contributed by atoms with Gasteiger partial charge in [-0.15, -0.1) is 0 Å². The SMILES string of the molecule is CCCOc1ccc(Oc2ncccc2CN=C(N)N(C)C2CC2)cc1. The molecule has 6 nitrogen and oxygen atoms in total. The molecule has 0 radical (unpaired) electrons. The maximum atomic E-state index is 6.07. The zero-order valence-electron chi connectivity index (χ0n) is 15.4. The van der Waals surface area contributed by atoms with Crippen LogP contribution in [0.15, 0.2) is 47.6 Å². The Hall–Kier alpha value is -2.76. The Labute approximate surface area is 154 Å². The first-order valence-corrected chi connectivity index (χ1v) is 9.04. The molecule has 0 saturated heterocycles. The van der Waals surface area contributed by atoms with Gasteiger partial charge in [-0.05, 0) is 49.6 Å². The van der Waals surface area contributed by atoms with Gasteiger partial charge in [-0.3, -0.25) is 0 Å². The second kappa shape index (κ2) is 8.56. The van der Waals surface area contributed by atoms with Crippen molar-refractivity contribution >= 4 is 5.96 Å². The van der Waals surface area contributed by atoms with Gasteiger partial charge in [0.15, 0.2) is 5.96 Å². The van der Waals surface area contributed by atoms with Gasteiger partial charge in [0.05, 0.1) is 13.2 Å². The van der Waals surface area contributed by atoms with Crippen molar-refractivity contribution < 1.29 is 9.47 Å². The molecule has 138 valence electrons. The van der Waals surface area contributed by atoms with Crippen LogP contribution in [0.25, 0.3) is 0 Å². The minimum absolute atomic E-state index is 0.434. The van der Waals surface area contributed by atoms with Crippen molar-refractivity contribution in [2.75, 3.05) is 13.7 Å². The van der Waals surface area contributed by atoms with Crippen LogP contribution in [0, 0.1) is 0 Å². The summed E-state index contributed by atoms with van der Waals surface area (Å²) in [4.78, 5) is 10.9. The molecule has 0 aliphatic heterocycles. The molecular weight excluding hydrogens is 328 g/mol. The molecule has 0 amide bonds. The Morgan fingerprint density at radius 1 is 1.23 bits per heavy atom. The van der Waals surface area contributed by atoms with Gasteiger partial charge in [-0.2, -0.15) is 0 Å². The monoisotopic (exact) mass is 354 g/mol. The number of rotatable bonds is 8. The number of benzene rings is 1. The Balaban J connectivity index is 1.66. The van der Waals surface area contributed by atoms with Crippen molar-refractivity contribution in [3.05, 3.63) is 48.2 Å². The van der Waals surface area contributed by atoms with Gasteiger partial charge in [0.25, 0.3) is 0 Å². The summed E-state index contributed by atoms with van der Waals surface area (Å²) in [5.74, 6) is 2.64. The Bertz CT molecular complexity index is 742. The van der Waals surface area contributed by atoms with Crippen LogP contribution < -0.4 is 15.2 Å². The highest BCUT2D eigenvalue weighted by Crippen LogP contribution is 2.27. The van der Waals surface area contributed by atoms with Gasteiger partial charge in [0, 0.05) is 24.8 Å². The van der Waals surface area contributed by atoms with E-state index in [0.29, 0.717) is 36.8 Å². The number of aromatic nitrogens is 1. The van der Waals surface area contributed by atoms with Crippen molar-refractivity contribution in [3.63, 3.8) is 0 Å². The van der Waals surface area contributed by atoms with Crippen LogP contribution in [-0.2, 0) is 6.54 Å². The standard InChI is InChI=1S/C20H26N4O2/c1-3-13-25-17-8-10-18(11-9-17)26-19-15(5-4-12-22-19)14-23-20(21)24(2)16-6-7-16/h4-5,8-12,16H,3,6-7,13-14H2,1-2H3,(H2,21,23). The zero-order chi connectivity index (χ0) is 18.4. The van der Waals surface area contributed by atoms with Crippen LogP contribution in [0.4, 0.5) is 0 Å². The van der Waals surface area contributed by atoms with Gasteiger partial charge < -0.3 is 20.1 Å². The molecule has 3 rings (SSSR count). The van der Waals surface area contributed by atoms with Crippen LogP contribution in [0.5, 0.6) is 17.4 Å². The first kappa shape index (κ1) is 18.0. The van der Waals surface area contributed by atoms with Crippen LogP contribution in [0.1, 0.15) is 31.7 Å². The number of hydrogen-bond donors (Lipinski definition) is 1. The van der Waals surface area contributed by atoms with Crippen molar-refractivity contribution in [2.45, 2.75) is 38.8 Å². The molecule has 2 N–H and O–H groups in total. The van der Waals surface area contributed by atoms with E-state index >= 15 is 0 Å². The smallest absolute Gasteiger partial charge is 0.224 e. The second-order valence-electron chi connectivity index (χ2n) is 6.41. The molecule has 6 heteroatoms. The van der Waals surface area contributed by atoms with Gasteiger partial charge in [0.2, 0.25) is 5.88 Å². The summed E-state index contributed by atoms with van der Waals surface area (Å²) in [5.41, 5.74) is 6.96. The molecular formula is C20H26N4O2. The molecule has 1 aliphatic rings. The fraction of sp³-hybridized carbons (Fsp3) is 0.400. The maximum Gasteiger partial charge on any atom is 0.224 e. The Morgan fingerprint density at radius 2 is 1.96 bits per heavy atom. The average molecular weight is 354 g/mol. The Kier molecular flexibility index (Phi) is 5.94. The summed E-state index contributed by atoms with van der Waals surface area (Å²) in [6.07, 6.45) is 5.06. The molecule has 1 aromatic carbocycles. The molecule has 1 aliphatic carbocycles. The van der Waals surface area contributed by atoms with E-state index in [2.05, 4.69) is 16.9 Å². The molecule has 0 unspecified atom stereocenters. The van der Waals surface area contributed by atoms with Gasteiger partial charge in [0.1, 0.15) is 11.5 Å².